The Bertz CT molecular complexity index is 496. The Morgan fingerprint density at radius 3 is 2.79 bits per heavy atom. The average Bonchev–Trinajstić information content (AvgIpc) is 2.40. The fourth-order valence-corrected chi connectivity index (χ4v) is 2.45. The molecular formula is C15H19NO3. The number of carboxylic acid groups (broad SMARTS) is 1. The molecule has 0 radical (unpaired) electrons. The number of carboxylic acids is 1. The molecule has 1 aromatic rings. The molecule has 0 saturated carbocycles. The summed E-state index contributed by atoms with van der Waals surface area (Å²) in [5, 5.41) is 9.57. The first-order chi connectivity index (χ1) is 9.13. The summed E-state index contributed by atoms with van der Waals surface area (Å²) in [5.41, 5.74) is 1.76. The van der Waals surface area contributed by atoms with Gasteiger partial charge in [0, 0.05) is 18.7 Å². The maximum absolute atomic E-state index is 11.7. The zero-order chi connectivity index (χ0) is 13.8. The number of hydrogen-bond donors (Lipinski definition) is 1. The van der Waals surface area contributed by atoms with Crippen LogP contribution < -0.4 is 4.74 Å². The summed E-state index contributed by atoms with van der Waals surface area (Å²) in [6.07, 6.45) is 4.99. The van der Waals surface area contributed by atoms with Crippen molar-refractivity contribution in [3.63, 3.8) is 0 Å². The number of carbonyl (C=O) groups is 1. The van der Waals surface area contributed by atoms with Crippen molar-refractivity contribution in [2.24, 2.45) is 0 Å². The molecular weight excluding hydrogens is 242 g/mol. The smallest absolute Gasteiger partial charge is 0.325 e. The molecule has 1 aromatic carbocycles. The summed E-state index contributed by atoms with van der Waals surface area (Å²) in [6.45, 7) is 3.37. The third-order valence-corrected chi connectivity index (χ3v) is 3.37. The fraction of sp³-hybridized carbons (Fsp3) is 0.400. The van der Waals surface area contributed by atoms with E-state index in [-0.39, 0.29) is 0 Å². The lowest BCUT2D eigenvalue weighted by Crippen LogP contribution is -2.36. The summed E-state index contributed by atoms with van der Waals surface area (Å²) in [4.78, 5) is 13.6. The molecule has 2 rings (SSSR count). The standard InChI is InChI=1S/C15H19NO3/c1-11-6-7-13(19-2)12(10-11)14(15(17)18)16-8-4-3-5-9-16/h3-4,6-7,10,14H,5,8-9H2,1-2H3,(H,17,18). The van der Waals surface area contributed by atoms with Crippen molar-refractivity contribution in [1.29, 1.82) is 0 Å². The molecule has 0 spiro atoms. The Kier molecular flexibility index (Phi) is 4.22. The van der Waals surface area contributed by atoms with Crippen molar-refractivity contribution in [1.82, 2.24) is 4.90 Å². The Labute approximate surface area is 113 Å². The van der Waals surface area contributed by atoms with Gasteiger partial charge in [-0.2, -0.15) is 0 Å². The van der Waals surface area contributed by atoms with Gasteiger partial charge in [-0.1, -0.05) is 29.8 Å². The average molecular weight is 261 g/mol. The molecule has 1 unspecified atom stereocenters. The van der Waals surface area contributed by atoms with E-state index in [9.17, 15) is 9.90 Å². The number of methoxy groups -OCH3 is 1. The van der Waals surface area contributed by atoms with Crippen LogP contribution in [-0.4, -0.2) is 36.2 Å². The number of aryl methyl sites for hydroxylation is 1. The van der Waals surface area contributed by atoms with Crippen molar-refractivity contribution in [3.8, 4) is 5.75 Å². The molecule has 0 amide bonds. The highest BCUT2D eigenvalue weighted by atomic mass is 16.5. The summed E-state index contributed by atoms with van der Waals surface area (Å²) in [5.74, 6) is -0.202. The van der Waals surface area contributed by atoms with Crippen LogP contribution in [0, 0.1) is 6.92 Å². The summed E-state index contributed by atoms with van der Waals surface area (Å²) in [7, 11) is 1.57. The first-order valence-corrected chi connectivity index (χ1v) is 6.40. The molecule has 102 valence electrons. The van der Waals surface area contributed by atoms with Gasteiger partial charge in [0.1, 0.15) is 11.8 Å². The molecule has 0 saturated heterocycles. The molecule has 4 nitrogen and oxygen atoms in total. The van der Waals surface area contributed by atoms with Gasteiger partial charge in [0.05, 0.1) is 7.11 Å². The third-order valence-electron chi connectivity index (χ3n) is 3.37. The Balaban J connectivity index is 2.41. The van der Waals surface area contributed by atoms with Crippen LogP contribution in [0.15, 0.2) is 30.4 Å². The Morgan fingerprint density at radius 1 is 1.42 bits per heavy atom. The van der Waals surface area contributed by atoms with Gasteiger partial charge in [-0.3, -0.25) is 9.69 Å². The van der Waals surface area contributed by atoms with Gasteiger partial charge in [-0.05, 0) is 19.4 Å². The minimum Gasteiger partial charge on any atom is -0.496 e. The summed E-state index contributed by atoms with van der Waals surface area (Å²) in [6, 6.07) is 5.01. The van der Waals surface area contributed by atoms with Gasteiger partial charge in [0.25, 0.3) is 0 Å². The predicted octanol–water partition coefficient (Wildman–Crippen LogP) is 2.39. The van der Waals surface area contributed by atoms with Crippen LogP contribution in [0.1, 0.15) is 23.6 Å². The van der Waals surface area contributed by atoms with Crippen molar-refractivity contribution < 1.29 is 14.6 Å². The van der Waals surface area contributed by atoms with Gasteiger partial charge in [0.2, 0.25) is 0 Å². The molecule has 1 N–H and O–H groups in total. The molecule has 4 heteroatoms. The third kappa shape index (κ3) is 2.96. The van der Waals surface area contributed by atoms with Gasteiger partial charge in [0.15, 0.2) is 0 Å². The monoisotopic (exact) mass is 261 g/mol. The number of nitrogens with zero attached hydrogens (tertiary/aromatic N) is 1. The molecule has 0 bridgehead atoms. The number of ether oxygens (including phenoxy) is 1. The van der Waals surface area contributed by atoms with Crippen LogP contribution in [-0.2, 0) is 4.79 Å². The largest absolute Gasteiger partial charge is 0.496 e. The quantitative estimate of drug-likeness (QED) is 0.845. The number of benzene rings is 1. The van der Waals surface area contributed by atoms with E-state index < -0.39 is 12.0 Å². The molecule has 0 aromatic heterocycles. The maximum Gasteiger partial charge on any atom is 0.325 e. The minimum absolute atomic E-state index is 0.632. The predicted molar refractivity (Wildman–Crippen MR) is 73.4 cm³/mol. The second-order valence-corrected chi connectivity index (χ2v) is 4.74. The fourth-order valence-electron chi connectivity index (χ4n) is 2.45. The van der Waals surface area contributed by atoms with E-state index in [4.69, 9.17) is 4.74 Å². The van der Waals surface area contributed by atoms with E-state index in [0.717, 1.165) is 24.1 Å². The first-order valence-electron chi connectivity index (χ1n) is 6.40. The highest BCUT2D eigenvalue weighted by Crippen LogP contribution is 2.31. The molecule has 1 atom stereocenters. The van der Waals surface area contributed by atoms with Crippen molar-refractivity contribution in [3.05, 3.63) is 41.5 Å². The van der Waals surface area contributed by atoms with Crippen molar-refractivity contribution in [2.45, 2.75) is 19.4 Å². The molecule has 0 fully saturated rings. The topological polar surface area (TPSA) is 49.8 Å². The second kappa shape index (κ2) is 5.89. The first kappa shape index (κ1) is 13.6. The summed E-state index contributed by atoms with van der Waals surface area (Å²) < 4.78 is 5.31. The number of hydrogen-bond acceptors (Lipinski definition) is 3. The lowest BCUT2D eigenvalue weighted by atomic mass is 10.0. The van der Waals surface area contributed by atoms with Gasteiger partial charge in [-0.25, -0.2) is 0 Å². The van der Waals surface area contributed by atoms with Gasteiger partial charge in [-0.15, -0.1) is 0 Å². The van der Waals surface area contributed by atoms with Crippen LogP contribution in [0.2, 0.25) is 0 Å². The van der Waals surface area contributed by atoms with Crippen LogP contribution in [0.3, 0.4) is 0 Å². The summed E-state index contributed by atoms with van der Waals surface area (Å²) >= 11 is 0. The highest BCUT2D eigenvalue weighted by molar-refractivity contribution is 5.77. The molecule has 19 heavy (non-hydrogen) atoms. The van der Waals surface area contributed by atoms with Crippen LogP contribution >= 0.6 is 0 Å². The van der Waals surface area contributed by atoms with Crippen LogP contribution in [0.4, 0.5) is 0 Å². The number of rotatable bonds is 4. The maximum atomic E-state index is 11.7. The normalized spacial score (nSPS) is 17.2. The zero-order valence-corrected chi connectivity index (χ0v) is 11.3. The SMILES string of the molecule is COc1ccc(C)cc1C(C(=O)O)N1CC=CCC1. The lowest BCUT2D eigenvalue weighted by Gasteiger charge is -2.30. The van der Waals surface area contributed by atoms with E-state index in [0.29, 0.717) is 12.3 Å². The van der Waals surface area contributed by atoms with E-state index >= 15 is 0 Å². The van der Waals surface area contributed by atoms with E-state index in [2.05, 4.69) is 6.08 Å². The molecule has 1 aliphatic rings. The molecule has 1 aliphatic heterocycles. The van der Waals surface area contributed by atoms with Crippen LogP contribution in [0.25, 0.3) is 0 Å². The van der Waals surface area contributed by atoms with Crippen molar-refractivity contribution in [2.75, 3.05) is 20.2 Å². The second-order valence-electron chi connectivity index (χ2n) is 4.74. The minimum atomic E-state index is -0.834. The Morgan fingerprint density at radius 2 is 2.21 bits per heavy atom. The highest BCUT2D eigenvalue weighted by Gasteiger charge is 2.29. The molecule has 1 heterocycles. The molecule has 0 aliphatic carbocycles. The van der Waals surface area contributed by atoms with E-state index in [1.807, 2.05) is 36.1 Å². The van der Waals surface area contributed by atoms with Gasteiger partial charge < -0.3 is 9.84 Å². The zero-order valence-electron chi connectivity index (χ0n) is 11.3. The number of aliphatic carboxylic acids is 1. The van der Waals surface area contributed by atoms with Crippen molar-refractivity contribution >= 4 is 5.97 Å². The van der Waals surface area contributed by atoms with E-state index in [1.165, 1.54) is 0 Å². The lowest BCUT2D eigenvalue weighted by molar-refractivity contribution is -0.143. The van der Waals surface area contributed by atoms with E-state index in [1.54, 1.807) is 7.11 Å². The Hall–Kier alpha value is -1.81. The van der Waals surface area contributed by atoms with Crippen LogP contribution in [0.5, 0.6) is 5.75 Å². The van der Waals surface area contributed by atoms with Gasteiger partial charge >= 0.3 is 5.97 Å².